The number of amides is 1. The third-order valence-electron chi connectivity index (χ3n) is 2.87. The molecule has 19 heavy (non-hydrogen) atoms. The number of carbonyl (C=O) groups is 1. The monoisotopic (exact) mass is 265 g/mol. The molecule has 1 rings (SSSR count). The maximum atomic E-state index is 11.6. The van der Waals surface area contributed by atoms with Crippen LogP contribution in [0, 0.1) is 0 Å². The van der Waals surface area contributed by atoms with Crippen molar-refractivity contribution in [1.29, 1.82) is 0 Å². The minimum atomic E-state index is -0.475. The Morgan fingerprint density at radius 2 is 2.11 bits per heavy atom. The third-order valence-corrected chi connectivity index (χ3v) is 2.87. The van der Waals surface area contributed by atoms with Gasteiger partial charge in [0.1, 0.15) is 5.75 Å². The van der Waals surface area contributed by atoms with Gasteiger partial charge in [0.2, 0.25) is 0 Å². The molecule has 0 aromatic heterocycles. The summed E-state index contributed by atoms with van der Waals surface area (Å²) in [4.78, 5) is 11.6. The van der Waals surface area contributed by atoms with E-state index in [1.54, 1.807) is 0 Å². The van der Waals surface area contributed by atoms with E-state index in [2.05, 4.69) is 5.32 Å². The molecule has 0 bridgehead atoms. The second kappa shape index (κ2) is 8.53. The number of para-hydroxylation sites is 1. The van der Waals surface area contributed by atoms with Gasteiger partial charge >= 0.3 is 0 Å². The van der Waals surface area contributed by atoms with Crippen LogP contribution in [0.25, 0.3) is 0 Å². The van der Waals surface area contributed by atoms with Gasteiger partial charge in [-0.05, 0) is 24.5 Å². The van der Waals surface area contributed by atoms with Gasteiger partial charge in [-0.25, -0.2) is 0 Å². The van der Waals surface area contributed by atoms with Crippen LogP contribution in [0.4, 0.5) is 0 Å². The van der Waals surface area contributed by atoms with Crippen molar-refractivity contribution >= 4 is 5.91 Å². The molecule has 0 heterocycles. The zero-order chi connectivity index (χ0) is 14.1. The molecule has 0 fully saturated rings. The normalized spacial score (nSPS) is 11.9. The van der Waals surface area contributed by atoms with Crippen molar-refractivity contribution in [2.75, 3.05) is 13.2 Å². The molecule has 0 aliphatic carbocycles. The Balaban J connectivity index is 2.33. The minimum Gasteiger partial charge on any atom is -0.483 e. The topological polar surface area (TPSA) is 58.6 Å². The Morgan fingerprint density at radius 1 is 1.37 bits per heavy atom. The smallest absolute Gasteiger partial charge is 0.258 e. The Hall–Kier alpha value is -1.55. The second-order valence-corrected chi connectivity index (χ2v) is 4.50. The highest BCUT2D eigenvalue weighted by atomic mass is 16.5. The molecule has 0 aliphatic rings. The predicted molar refractivity (Wildman–Crippen MR) is 75.2 cm³/mol. The van der Waals surface area contributed by atoms with Gasteiger partial charge in [0.05, 0.1) is 6.10 Å². The average Bonchev–Trinajstić information content (AvgIpc) is 2.43. The summed E-state index contributed by atoms with van der Waals surface area (Å²) in [5, 5.41) is 12.2. The van der Waals surface area contributed by atoms with Crippen molar-refractivity contribution < 1.29 is 14.6 Å². The highest BCUT2D eigenvalue weighted by molar-refractivity contribution is 5.77. The first kappa shape index (κ1) is 15.5. The van der Waals surface area contributed by atoms with Crippen molar-refractivity contribution in [1.82, 2.24) is 5.32 Å². The molecular formula is C15H23NO3. The molecule has 2 N–H and O–H groups in total. The Labute approximate surface area is 114 Å². The molecule has 0 saturated heterocycles. The van der Waals surface area contributed by atoms with E-state index in [-0.39, 0.29) is 19.1 Å². The lowest BCUT2D eigenvalue weighted by molar-refractivity contribution is -0.123. The molecule has 106 valence electrons. The molecule has 1 atom stereocenters. The van der Waals surface area contributed by atoms with E-state index < -0.39 is 6.10 Å². The van der Waals surface area contributed by atoms with Gasteiger partial charge in [-0.3, -0.25) is 4.79 Å². The zero-order valence-corrected chi connectivity index (χ0v) is 11.7. The van der Waals surface area contributed by atoms with Crippen LogP contribution in [-0.2, 0) is 11.2 Å². The number of aryl methyl sites for hydroxylation is 1. The Morgan fingerprint density at radius 3 is 2.79 bits per heavy atom. The number of carbonyl (C=O) groups excluding carboxylic acids is 1. The number of benzene rings is 1. The largest absolute Gasteiger partial charge is 0.483 e. The summed E-state index contributed by atoms with van der Waals surface area (Å²) in [5.41, 5.74) is 1.08. The summed E-state index contributed by atoms with van der Waals surface area (Å²) in [6, 6.07) is 7.68. The number of hydrogen-bond donors (Lipinski definition) is 2. The molecule has 4 heteroatoms. The van der Waals surface area contributed by atoms with Crippen LogP contribution in [0.15, 0.2) is 24.3 Å². The highest BCUT2D eigenvalue weighted by Gasteiger charge is 2.08. The summed E-state index contributed by atoms with van der Waals surface area (Å²) in [5.74, 6) is 0.537. The maximum Gasteiger partial charge on any atom is 0.258 e. The van der Waals surface area contributed by atoms with E-state index in [1.807, 2.05) is 38.1 Å². The lowest BCUT2D eigenvalue weighted by Crippen LogP contribution is -2.35. The van der Waals surface area contributed by atoms with Crippen LogP contribution in [0.5, 0.6) is 5.75 Å². The summed E-state index contributed by atoms with van der Waals surface area (Å²) in [7, 11) is 0. The van der Waals surface area contributed by atoms with E-state index in [1.165, 1.54) is 0 Å². The maximum absolute atomic E-state index is 11.6. The second-order valence-electron chi connectivity index (χ2n) is 4.50. The van der Waals surface area contributed by atoms with E-state index in [4.69, 9.17) is 4.74 Å². The summed E-state index contributed by atoms with van der Waals surface area (Å²) < 4.78 is 5.49. The predicted octanol–water partition coefficient (Wildman–Crippen LogP) is 1.91. The fourth-order valence-electron chi connectivity index (χ4n) is 1.80. The van der Waals surface area contributed by atoms with E-state index in [0.29, 0.717) is 6.42 Å². The van der Waals surface area contributed by atoms with Gasteiger partial charge < -0.3 is 15.2 Å². The van der Waals surface area contributed by atoms with Crippen LogP contribution in [0.2, 0.25) is 0 Å². The van der Waals surface area contributed by atoms with Crippen LogP contribution < -0.4 is 10.1 Å². The lowest BCUT2D eigenvalue weighted by atomic mass is 10.1. The fourth-order valence-corrected chi connectivity index (χ4v) is 1.80. The molecule has 0 radical (unpaired) electrons. The quantitative estimate of drug-likeness (QED) is 0.755. The molecular weight excluding hydrogens is 242 g/mol. The number of aliphatic hydroxyl groups excluding tert-OH is 1. The van der Waals surface area contributed by atoms with Gasteiger partial charge in [-0.2, -0.15) is 0 Å². The summed E-state index contributed by atoms with van der Waals surface area (Å²) >= 11 is 0. The number of rotatable bonds is 8. The van der Waals surface area contributed by atoms with Crippen LogP contribution in [0.3, 0.4) is 0 Å². The number of nitrogens with one attached hydrogen (secondary N) is 1. The first-order chi connectivity index (χ1) is 9.17. The molecule has 1 unspecified atom stereocenters. The van der Waals surface area contributed by atoms with Gasteiger partial charge in [0.25, 0.3) is 5.91 Å². The number of ether oxygens (including phenoxy) is 1. The van der Waals surface area contributed by atoms with Crippen molar-refractivity contribution in [2.24, 2.45) is 0 Å². The van der Waals surface area contributed by atoms with Gasteiger partial charge in [-0.1, -0.05) is 38.5 Å². The SMILES string of the molecule is CCCC(O)CNC(=O)COc1ccccc1CC. The van der Waals surface area contributed by atoms with Crippen molar-refractivity contribution in [3.8, 4) is 5.75 Å². The zero-order valence-electron chi connectivity index (χ0n) is 11.7. The first-order valence-electron chi connectivity index (χ1n) is 6.82. The van der Waals surface area contributed by atoms with Gasteiger partial charge in [-0.15, -0.1) is 0 Å². The van der Waals surface area contributed by atoms with E-state index in [9.17, 15) is 9.90 Å². The number of aliphatic hydroxyl groups is 1. The Kier molecular flexibility index (Phi) is 6.97. The summed E-state index contributed by atoms with van der Waals surface area (Å²) in [6.45, 7) is 4.31. The number of hydrogen-bond acceptors (Lipinski definition) is 3. The first-order valence-corrected chi connectivity index (χ1v) is 6.82. The van der Waals surface area contributed by atoms with E-state index >= 15 is 0 Å². The van der Waals surface area contributed by atoms with Crippen LogP contribution in [-0.4, -0.2) is 30.3 Å². The van der Waals surface area contributed by atoms with Crippen LogP contribution in [0.1, 0.15) is 32.3 Å². The molecule has 1 aromatic carbocycles. The summed E-state index contributed by atoms with van der Waals surface area (Å²) in [6.07, 6.45) is 1.99. The van der Waals surface area contributed by atoms with Crippen molar-refractivity contribution in [3.05, 3.63) is 29.8 Å². The van der Waals surface area contributed by atoms with Gasteiger partial charge in [0.15, 0.2) is 6.61 Å². The van der Waals surface area contributed by atoms with Crippen molar-refractivity contribution in [3.63, 3.8) is 0 Å². The van der Waals surface area contributed by atoms with E-state index in [0.717, 1.165) is 24.2 Å². The molecule has 0 saturated carbocycles. The third kappa shape index (κ3) is 5.75. The molecule has 1 aromatic rings. The molecule has 0 aliphatic heterocycles. The molecule has 0 spiro atoms. The van der Waals surface area contributed by atoms with Crippen molar-refractivity contribution in [2.45, 2.75) is 39.2 Å². The molecule has 4 nitrogen and oxygen atoms in total. The standard InChI is InChI=1S/C15H23NO3/c1-3-7-13(17)10-16-15(18)11-19-14-9-6-5-8-12(14)4-2/h5-6,8-9,13,17H,3-4,7,10-11H2,1-2H3,(H,16,18). The van der Waals surface area contributed by atoms with Crippen LogP contribution >= 0.6 is 0 Å². The minimum absolute atomic E-state index is 0.0180. The van der Waals surface area contributed by atoms with Gasteiger partial charge in [0, 0.05) is 6.54 Å². The average molecular weight is 265 g/mol. The lowest BCUT2D eigenvalue weighted by Gasteiger charge is -2.12. The fraction of sp³-hybridized carbons (Fsp3) is 0.533. The Bertz CT molecular complexity index is 393. The molecule has 1 amide bonds. The highest BCUT2D eigenvalue weighted by Crippen LogP contribution is 2.17.